The van der Waals surface area contributed by atoms with Crippen LogP contribution in [-0.2, 0) is 0 Å². The Balaban J connectivity index is 1.88. The van der Waals surface area contributed by atoms with E-state index >= 15 is 0 Å². The summed E-state index contributed by atoms with van der Waals surface area (Å²) in [6.07, 6.45) is 3.26. The van der Waals surface area contributed by atoms with Gasteiger partial charge in [0.25, 0.3) is 5.91 Å². The average molecular weight is 282 g/mol. The lowest BCUT2D eigenvalue weighted by Crippen LogP contribution is -2.27. The largest absolute Gasteiger partial charge is 0.345 e. The second-order valence-electron chi connectivity index (χ2n) is 4.19. The molecule has 5 nitrogen and oxygen atoms in total. The van der Waals surface area contributed by atoms with Crippen LogP contribution in [0.25, 0.3) is 11.0 Å². The highest BCUT2D eigenvalue weighted by Crippen LogP contribution is 2.19. The molecule has 0 aliphatic carbocycles. The van der Waals surface area contributed by atoms with Crippen LogP contribution in [0.1, 0.15) is 22.0 Å². The molecule has 20 heavy (non-hydrogen) atoms. The zero-order valence-electron chi connectivity index (χ0n) is 10.3. The fraction of sp³-hybridized carbons (Fsp3) is 0.0714. The third kappa shape index (κ3) is 2.15. The monoisotopic (exact) mass is 282 g/mol. The summed E-state index contributed by atoms with van der Waals surface area (Å²) in [6, 6.07) is 6.87. The number of nitrogens with zero attached hydrogens (tertiary/aromatic N) is 2. The number of hydrogen-bond acceptors (Lipinski definition) is 4. The first-order chi connectivity index (χ1) is 9.79. The molecule has 0 saturated carbocycles. The molecule has 3 aromatic heterocycles. The quantitative estimate of drug-likeness (QED) is 0.774. The van der Waals surface area contributed by atoms with Crippen molar-refractivity contribution >= 4 is 28.3 Å². The van der Waals surface area contributed by atoms with Crippen LogP contribution >= 0.6 is 11.3 Å². The molecule has 6 heteroatoms. The van der Waals surface area contributed by atoms with Crippen molar-refractivity contribution in [1.29, 1.82) is 5.26 Å². The van der Waals surface area contributed by atoms with E-state index in [1.807, 2.05) is 22.9 Å². The number of aromatic nitrogens is 2. The van der Waals surface area contributed by atoms with Gasteiger partial charge in [-0.15, -0.1) is 0 Å². The van der Waals surface area contributed by atoms with E-state index < -0.39 is 6.04 Å². The summed E-state index contributed by atoms with van der Waals surface area (Å²) < 4.78 is 0. The summed E-state index contributed by atoms with van der Waals surface area (Å²) >= 11 is 1.49. The molecule has 0 saturated heterocycles. The Hall–Kier alpha value is -2.65. The molecule has 0 aliphatic rings. The summed E-state index contributed by atoms with van der Waals surface area (Å²) in [5, 5.41) is 16.4. The molecule has 98 valence electrons. The number of hydrogen-bond donors (Lipinski definition) is 2. The van der Waals surface area contributed by atoms with E-state index in [0.717, 1.165) is 10.9 Å². The number of nitrogens with one attached hydrogen (secondary N) is 2. The number of pyridine rings is 1. The minimum atomic E-state index is -0.643. The summed E-state index contributed by atoms with van der Waals surface area (Å²) in [4.78, 5) is 19.4. The third-order valence-corrected chi connectivity index (χ3v) is 3.68. The summed E-state index contributed by atoms with van der Waals surface area (Å²) in [6.45, 7) is 0. The number of amides is 1. The zero-order valence-corrected chi connectivity index (χ0v) is 11.1. The number of aromatic amines is 1. The van der Waals surface area contributed by atoms with E-state index in [2.05, 4.69) is 21.4 Å². The Morgan fingerprint density at radius 2 is 2.40 bits per heavy atom. The second kappa shape index (κ2) is 5.15. The first-order valence-corrected chi connectivity index (χ1v) is 6.88. The lowest BCUT2D eigenvalue weighted by atomic mass is 10.1. The van der Waals surface area contributed by atoms with Gasteiger partial charge in [0.2, 0.25) is 0 Å². The van der Waals surface area contributed by atoms with Crippen LogP contribution in [-0.4, -0.2) is 15.9 Å². The summed E-state index contributed by atoms with van der Waals surface area (Å²) in [5.41, 5.74) is 1.94. The van der Waals surface area contributed by atoms with Gasteiger partial charge < -0.3 is 10.3 Å². The number of H-pyrrole nitrogens is 1. The van der Waals surface area contributed by atoms with Crippen molar-refractivity contribution in [3.05, 3.63) is 52.5 Å². The number of carbonyl (C=O) groups excluding carboxylic acids is 1. The molecular formula is C14H10N4OS. The highest BCUT2D eigenvalue weighted by atomic mass is 32.1. The second-order valence-corrected chi connectivity index (χ2v) is 4.97. The van der Waals surface area contributed by atoms with E-state index in [0.29, 0.717) is 11.2 Å². The molecule has 1 unspecified atom stereocenters. The Morgan fingerprint density at radius 1 is 1.50 bits per heavy atom. The van der Waals surface area contributed by atoms with Gasteiger partial charge in [-0.3, -0.25) is 4.79 Å². The van der Waals surface area contributed by atoms with Crippen LogP contribution in [0.4, 0.5) is 0 Å². The topological polar surface area (TPSA) is 81.6 Å². The standard InChI is InChI=1S/C14H10N4OS/c15-6-12(9-3-5-20-8-9)18-14(19)11-7-17-13-10(11)2-1-4-16-13/h1-5,7-8,12H,(H,16,17)(H,18,19). The number of fused-ring (bicyclic) bond motifs is 1. The number of carbonyl (C=O) groups is 1. The van der Waals surface area contributed by atoms with Crippen LogP contribution in [0.2, 0.25) is 0 Å². The van der Waals surface area contributed by atoms with Crippen molar-refractivity contribution in [2.24, 2.45) is 0 Å². The van der Waals surface area contributed by atoms with Crippen molar-refractivity contribution in [3.8, 4) is 6.07 Å². The normalized spacial score (nSPS) is 11.9. The van der Waals surface area contributed by atoms with Crippen LogP contribution < -0.4 is 5.32 Å². The highest BCUT2D eigenvalue weighted by Gasteiger charge is 2.18. The maximum atomic E-state index is 12.3. The van der Waals surface area contributed by atoms with Crippen molar-refractivity contribution in [2.75, 3.05) is 0 Å². The molecule has 0 aliphatic heterocycles. The Kier molecular flexibility index (Phi) is 3.19. The van der Waals surface area contributed by atoms with Gasteiger partial charge in [0.05, 0.1) is 11.6 Å². The van der Waals surface area contributed by atoms with Crippen molar-refractivity contribution in [2.45, 2.75) is 6.04 Å². The van der Waals surface area contributed by atoms with Crippen LogP contribution in [0.5, 0.6) is 0 Å². The maximum Gasteiger partial charge on any atom is 0.254 e. The van der Waals surface area contributed by atoms with Gasteiger partial charge in [-0.1, -0.05) is 0 Å². The molecular weight excluding hydrogens is 272 g/mol. The zero-order chi connectivity index (χ0) is 13.9. The Labute approximate surface area is 118 Å². The predicted octanol–water partition coefficient (Wildman–Crippen LogP) is 2.62. The summed E-state index contributed by atoms with van der Waals surface area (Å²) in [5.74, 6) is -0.290. The molecule has 0 fully saturated rings. The fourth-order valence-electron chi connectivity index (χ4n) is 1.98. The molecule has 0 bridgehead atoms. The van der Waals surface area contributed by atoms with Gasteiger partial charge in [-0.2, -0.15) is 16.6 Å². The molecule has 2 N–H and O–H groups in total. The number of nitriles is 1. The molecule has 0 aromatic carbocycles. The molecule has 3 rings (SSSR count). The number of thiophene rings is 1. The highest BCUT2D eigenvalue weighted by molar-refractivity contribution is 7.08. The number of rotatable bonds is 3. The third-order valence-electron chi connectivity index (χ3n) is 2.98. The van der Waals surface area contributed by atoms with E-state index in [1.165, 1.54) is 11.3 Å². The first kappa shape index (κ1) is 12.4. The van der Waals surface area contributed by atoms with E-state index in [4.69, 9.17) is 0 Å². The fourth-order valence-corrected chi connectivity index (χ4v) is 2.67. The minimum Gasteiger partial charge on any atom is -0.345 e. The molecule has 0 radical (unpaired) electrons. The summed E-state index contributed by atoms with van der Waals surface area (Å²) in [7, 11) is 0. The molecule has 1 amide bonds. The molecule has 0 spiro atoms. The van der Waals surface area contributed by atoms with Crippen molar-refractivity contribution < 1.29 is 4.79 Å². The molecule has 3 aromatic rings. The van der Waals surface area contributed by atoms with E-state index in [1.54, 1.807) is 18.5 Å². The van der Waals surface area contributed by atoms with Crippen LogP contribution in [0.15, 0.2) is 41.4 Å². The lowest BCUT2D eigenvalue weighted by molar-refractivity contribution is 0.0947. The average Bonchev–Trinajstić information content (AvgIpc) is 3.13. The molecule has 3 heterocycles. The Morgan fingerprint density at radius 3 is 3.15 bits per heavy atom. The van der Waals surface area contributed by atoms with Crippen molar-refractivity contribution in [3.63, 3.8) is 0 Å². The Bertz CT molecular complexity index is 785. The predicted molar refractivity (Wildman–Crippen MR) is 76.2 cm³/mol. The van der Waals surface area contributed by atoms with Gasteiger partial charge in [0, 0.05) is 17.8 Å². The maximum absolute atomic E-state index is 12.3. The van der Waals surface area contributed by atoms with Gasteiger partial charge in [-0.05, 0) is 34.5 Å². The van der Waals surface area contributed by atoms with Gasteiger partial charge >= 0.3 is 0 Å². The SMILES string of the molecule is N#CC(NC(=O)c1c[nH]c2ncccc12)c1ccsc1. The van der Waals surface area contributed by atoms with Crippen molar-refractivity contribution in [1.82, 2.24) is 15.3 Å². The van der Waals surface area contributed by atoms with Crippen LogP contribution in [0.3, 0.4) is 0 Å². The van der Waals surface area contributed by atoms with Crippen LogP contribution in [0, 0.1) is 11.3 Å². The minimum absolute atomic E-state index is 0.290. The van der Waals surface area contributed by atoms with Gasteiger partial charge in [-0.25, -0.2) is 4.98 Å². The van der Waals surface area contributed by atoms with E-state index in [9.17, 15) is 10.1 Å². The van der Waals surface area contributed by atoms with Gasteiger partial charge in [0.1, 0.15) is 11.7 Å². The van der Waals surface area contributed by atoms with Gasteiger partial charge in [0.15, 0.2) is 0 Å². The smallest absolute Gasteiger partial charge is 0.254 e. The first-order valence-electron chi connectivity index (χ1n) is 5.94. The molecule has 1 atom stereocenters. The van der Waals surface area contributed by atoms with E-state index in [-0.39, 0.29) is 5.91 Å². The lowest BCUT2D eigenvalue weighted by Gasteiger charge is -2.09.